The Morgan fingerprint density at radius 3 is 2.17 bits per heavy atom. The second-order valence-corrected chi connectivity index (χ2v) is 10.5. The summed E-state index contributed by atoms with van der Waals surface area (Å²) < 4.78 is 21.5. The average molecular weight is 500 g/mol. The molecule has 2 aromatic rings. The molecule has 0 N–H and O–H groups in total. The number of benzene rings is 2. The van der Waals surface area contributed by atoms with Gasteiger partial charge in [-0.3, -0.25) is 0 Å². The van der Waals surface area contributed by atoms with Gasteiger partial charge in [-0.05, 0) is 30.2 Å². The lowest BCUT2D eigenvalue weighted by atomic mass is 9.91. The highest BCUT2D eigenvalue weighted by atomic mass is 35.5. The Labute approximate surface area is 217 Å². The van der Waals surface area contributed by atoms with Crippen molar-refractivity contribution in [1.82, 2.24) is 4.42 Å². The Morgan fingerprint density at radius 1 is 0.857 bits per heavy atom. The Morgan fingerprint density at radius 2 is 1.49 bits per heavy atom. The fraction of sp³-hybridized carbons (Fsp3) is 0.600. The van der Waals surface area contributed by atoms with Crippen LogP contribution in [0.15, 0.2) is 60.7 Å². The van der Waals surface area contributed by atoms with E-state index in [0.29, 0.717) is 13.2 Å². The monoisotopic (exact) mass is 499 g/mol. The van der Waals surface area contributed by atoms with Crippen LogP contribution in [0.25, 0.3) is 0 Å². The molecule has 2 fully saturated rings. The second-order valence-electron chi connectivity index (χ2n) is 10.1. The molecule has 2 aliphatic heterocycles. The van der Waals surface area contributed by atoms with Gasteiger partial charge in [0.1, 0.15) is 6.10 Å². The summed E-state index contributed by atoms with van der Waals surface area (Å²) in [6.07, 6.45) is 12.6. The van der Waals surface area contributed by atoms with Crippen molar-refractivity contribution >= 4 is 11.8 Å². The summed E-state index contributed by atoms with van der Waals surface area (Å²) in [5.41, 5.74) is 2.22. The summed E-state index contributed by atoms with van der Waals surface area (Å²) in [5.74, 6) is -0.742. The summed E-state index contributed by atoms with van der Waals surface area (Å²) in [6.45, 7) is 3.56. The van der Waals surface area contributed by atoms with Crippen LogP contribution in [0.2, 0.25) is 0 Å². The standard InChI is InChI=1S/C30H42ClNO3/c1-2-3-4-5-6-7-8-9-16-22-30-28(34-29(35-30)26-19-14-11-15-20-26)27(21-23-33-30)32(31)24-25-17-12-10-13-18-25/h10-15,17-20,27-29H,2-9,16,21-24H2,1H3/t27-,28+,29?,30-/m1/s1. The van der Waals surface area contributed by atoms with Crippen LogP contribution >= 0.6 is 11.8 Å². The molecule has 5 heteroatoms. The van der Waals surface area contributed by atoms with Crippen molar-refractivity contribution in [2.75, 3.05) is 6.61 Å². The van der Waals surface area contributed by atoms with E-state index in [-0.39, 0.29) is 12.1 Å². The van der Waals surface area contributed by atoms with Crippen molar-refractivity contribution in [3.05, 3.63) is 71.8 Å². The SMILES string of the molecule is CCCCCCCCCCC[C@]12OCC[C@@H](N(Cl)Cc3ccccc3)[C@@H]1OC(c1ccccc1)O2. The molecule has 0 bridgehead atoms. The Hall–Kier alpha value is -1.43. The molecule has 0 aromatic heterocycles. The van der Waals surface area contributed by atoms with E-state index >= 15 is 0 Å². The van der Waals surface area contributed by atoms with Gasteiger partial charge in [0.25, 0.3) is 0 Å². The van der Waals surface area contributed by atoms with E-state index in [1.165, 1.54) is 56.9 Å². The lowest BCUT2D eigenvalue weighted by Gasteiger charge is -2.43. The first kappa shape index (κ1) is 26.6. The van der Waals surface area contributed by atoms with Crippen molar-refractivity contribution < 1.29 is 14.2 Å². The van der Waals surface area contributed by atoms with Crippen LogP contribution in [-0.2, 0) is 20.8 Å². The Bertz CT molecular complexity index is 851. The van der Waals surface area contributed by atoms with Crippen molar-refractivity contribution in [3.8, 4) is 0 Å². The zero-order valence-electron chi connectivity index (χ0n) is 21.2. The molecule has 4 rings (SSSR count). The normalized spacial score (nSPS) is 26.2. The lowest BCUT2D eigenvalue weighted by molar-refractivity contribution is -0.259. The molecule has 2 heterocycles. The van der Waals surface area contributed by atoms with Gasteiger partial charge in [0.2, 0.25) is 0 Å². The third-order valence-corrected chi connectivity index (χ3v) is 7.73. The molecule has 0 radical (unpaired) electrons. The number of halogens is 1. The minimum Gasteiger partial charge on any atom is -0.347 e. The van der Waals surface area contributed by atoms with Crippen molar-refractivity contribution in [2.45, 2.75) is 108 Å². The van der Waals surface area contributed by atoms with Crippen LogP contribution < -0.4 is 0 Å². The molecular weight excluding hydrogens is 458 g/mol. The predicted molar refractivity (Wildman–Crippen MR) is 142 cm³/mol. The number of fused-ring (bicyclic) bond motifs is 1. The molecule has 192 valence electrons. The maximum absolute atomic E-state index is 6.91. The number of ether oxygens (including phenoxy) is 3. The average Bonchev–Trinajstić information content (AvgIpc) is 3.29. The van der Waals surface area contributed by atoms with E-state index in [2.05, 4.69) is 43.3 Å². The van der Waals surface area contributed by atoms with Crippen LogP contribution in [0.5, 0.6) is 0 Å². The first-order valence-electron chi connectivity index (χ1n) is 13.7. The van der Waals surface area contributed by atoms with E-state index in [1.54, 1.807) is 0 Å². The first-order chi connectivity index (χ1) is 17.2. The van der Waals surface area contributed by atoms with E-state index in [4.69, 9.17) is 26.0 Å². The van der Waals surface area contributed by atoms with Gasteiger partial charge in [0.05, 0.1) is 12.6 Å². The number of hydrogen-bond donors (Lipinski definition) is 0. The fourth-order valence-corrected chi connectivity index (χ4v) is 5.73. The zero-order valence-corrected chi connectivity index (χ0v) is 22.0. The summed E-state index contributed by atoms with van der Waals surface area (Å²) in [5, 5.41) is 0. The van der Waals surface area contributed by atoms with Crippen molar-refractivity contribution in [1.29, 1.82) is 0 Å². The number of unbranched alkanes of at least 4 members (excludes halogenated alkanes) is 8. The van der Waals surface area contributed by atoms with Crippen LogP contribution in [0.1, 0.15) is 95.0 Å². The van der Waals surface area contributed by atoms with Gasteiger partial charge >= 0.3 is 0 Å². The highest BCUT2D eigenvalue weighted by molar-refractivity contribution is 6.13. The third-order valence-electron chi connectivity index (χ3n) is 7.36. The highest BCUT2D eigenvalue weighted by Gasteiger charge is 2.57. The van der Waals surface area contributed by atoms with Crippen molar-refractivity contribution in [2.24, 2.45) is 0 Å². The molecule has 4 nitrogen and oxygen atoms in total. The molecule has 0 saturated carbocycles. The summed E-state index contributed by atoms with van der Waals surface area (Å²) in [7, 11) is 0. The largest absolute Gasteiger partial charge is 0.347 e. The smallest absolute Gasteiger partial charge is 0.199 e. The molecule has 2 aromatic carbocycles. The van der Waals surface area contributed by atoms with Crippen LogP contribution in [0.3, 0.4) is 0 Å². The van der Waals surface area contributed by atoms with Gasteiger partial charge in [-0.25, -0.2) is 4.42 Å². The number of rotatable bonds is 14. The minimum atomic E-state index is -0.742. The molecule has 2 saturated heterocycles. The van der Waals surface area contributed by atoms with Crippen LogP contribution in [0, 0.1) is 0 Å². The number of nitrogens with zero attached hydrogens (tertiary/aromatic N) is 1. The van der Waals surface area contributed by atoms with Gasteiger partial charge in [-0.2, -0.15) is 0 Å². The van der Waals surface area contributed by atoms with Gasteiger partial charge < -0.3 is 14.2 Å². The Balaban J connectivity index is 1.38. The summed E-state index contributed by atoms with van der Waals surface area (Å²) in [4.78, 5) is 0. The maximum atomic E-state index is 6.91. The van der Waals surface area contributed by atoms with E-state index in [9.17, 15) is 0 Å². The van der Waals surface area contributed by atoms with Gasteiger partial charge in [-0.15, -0.1) is 0 Å². The Kier molecular flexibility index (Phi) is 10.5. The molecule has 1 unspecified atom stereocenters. The van der Waals surface area contributed by atoms with Gasteiger partial charge in [0, 0.05) is 18.5 Å². The lowest BCUT2D eigenvalue weighted by Crippen LogP contribution is -2.57. The predicted octanol–water partition coefficient (Wildman–Crippen LogP) is 8.16. The van der Waals surface area contributed by atoms with E-state index in [0.717, 1.165) is 24.8 Å². The molecule has 4 atom stereocenters. The molecule has 2 aliphatic rings. The molecule has 0 spiro atoms. The quantitative estimate of drug-likeness (QED) is 0.194. The molecule has 0 aliphatic carbocycles. The minimum absolute atomic E-state index is 0.0258. The van der Waals surface area contributed by atoms with Gasteiger partial charge in [0.15, 0.2) is 12.1 Å². The van der Waals surface area contributed by atoms with Gasteiger partial charge in [-0.1, -0.05) is 119 Å². The van der Waals surface area contributed by atoms with E-state index in [1.807, 2.05) is 28.7 Å². The molecular formula is C30H42ClNO3. The first-order valence-corrected chi connectivity index (χ1v) is 14.0. The fourth-order valence-electron chi connectivity index (χ4n) is 5.39. The summed E-state index contributed by atoms with van der Waals surface area (Å²) >= 11 is 6.91. The topological polar surface area (TPSA) is 30.9 Å². The van der Waals surface area contributed by atoms with E-state index < -0.39 is 12.1 Å². The van der Waals surface area contributed by atoms with Crippen molar-refractivity contribution in [3.63, 3.8) is 0 Å². The maximum Gasteiger partial charge on any atom is 0.199 e. The van der Waals surface area contributed by atoms with Crippen LogP contribution in [-0.4, -0.2) is 29.0 Å². The highest BCUT2D eigenvalue weighted by Crippen LogP contribution is 2.47. The second kappa shape index (κ2) is 13.8. The summed E-state index contributed by atoms with van der Waals surface area (Å²) in [6, 6.07) is 20.6. The zero-order chi connectivity index (χ0) is 24.3. The number of hydrogen-bond acceptors (Lipinski definition) is 4. The van der Waals surface area contributed by atoms with Crippen LogP contribution in [0.4, 0.5) is 0 Å². The third kappa shape index (κ3) is 7.30. The molecule has 35 heavy (non-hydrogen) atoms. The molecule has 0 amide bonds.